The van der Waals surface area contributed by atoms with Crippen LogP contribution in [0.4, 0.5) is 0 Å². The molecule has 1 aliphatic heterocycles. The van der Waals surface area contributed by atoms with Crippen molar-refractivity contribution in [1.29, 1.82) is 0 Å². The SMILES string of the molecule is COc1cc(C)c(C)cc1S(=O)(=O)N1CCN(C(=O)c2ccncc2)CC1. The number of aromatic nitrogens is 1. The number of benzene rings is 1. The van der Waals surface area contributed by atoms with Crippen LogP contribution in [0.15, 0.2) is 41.6 Å². The van der Waals surface area contributed by atoms with E-state index in [4.69, 9.17) is 4.74 Å². The predicted octanol–water partition coefficient (Wildman–Crippen LogP) is 1.85. The number of carbonyl (C=O) groups excluding carboxylic acids is 1. The first-order chi connectivity index (χ1) is 12.8. The number of hydrogen-bond donors (Lipinski definition) is 0. The van der Waals surface area contributed by atoms with Crippen LogP contribution in [0.5, 0.6) is 5.75 Å². The van der Waals surface area contributed by atoms with Crippen molar-refractivity contribution in [1.82, 2.24) is 14.2 Å². The van der Waals surface area contributed by atoms with Gasteiger partial charge in [-0.15, -0.1) is 0 Å². The molecule has 144 valence electrons. The van der Waals surface area contributed by atoms with Crippen molar-refractivity contribution < 1.29 is 17.9 Å². The van der Waals surface area contributed by atoms with Crippen molar-refractivity contribution in [2.45, 2.75) is 18.7 Å². The van der Waals surface area contributed by atoms with Gasteiger partial charge in [0, 0.05) is 44.1 Å². The number of ether oxygens (including phenoxy) is 1. The maximum atomic E-state index is 13.1. The Balaban J connectivity index is 1.78. The molecule has 2 heterocycles. The van der Waals surface area contributed by atoms with Crippen molar-refractivity contribution in [2.75, 3.05) is 33.3 Å². The lowest BCUT2D eigenvalue weighted by Gasteiger charge is -2.34. The molecular weight excluding hydrogens is 366 g/mol. The van der Waals surface area contributed by atoms with Gasteiger partial charge in [-0.25, -0.2) is 8.42 Å². The Morgan fingerprint density at radius 3 is 2.22 bits per heavy atom. The lowest BCUT2D eigenvalue weighted by Crippen LogP contribution is -2.50. The lowest BCUT2D eigenvalue weighted by molar-refractivity contribution is 0.0697. The minimum atomic E-state index is -3.70. The van der Waals surface area contributed by atoms with Crippen LogP contribution in [-0.2, 0) is 10.0 Å². The van der Waals surface area contributed by atoms with Crippen molar-refractivity contribution in [3.05, 3.63) is 53.3 Å². The van der Waals surface area contributed by atoms with Crippen LogP contribution in [0.1, 0.15) is 21.5 Å². The average molecular weight is 389 g/mol. The van der Waals surface area contributed by atoms with E-state index in [1.807, 2.05) is 13.8 Å². The molecule has 0 radical (unpaired) electrons. The number of methoxy groups -OCH3 is 1. The van der Waals surface area contributed by atoms with Crippen LogP contribution < -0.4 is 4.74 Å². The van der Waals surface area contributed by atoms with Crippen LogP contribution in [0.25, 0.3) is 0 Å². The fourth-order valence-corrected chi connectivity index (χ4v) is 4.72. The van der Waals surface area contributed by atoms with Gasteiger partial charge in [-0.3, -0.25) is 9.78 Å². The summed E-state index contributed by atoms with van der Waals surface area (Å²) in [5.74, 6) is 0.228. The number of rotatable bonds is 4. The highest BCUT2D eigenvalue weighted by atomic mass is 32.2. The molecule has 0 aliphatic carbocycles. The lowest BCUT2D eigenvalue weighted by atomic mass is 10.1. The summed E-state index contributed by atoms with van der Waals surface area (Å²) in [6, 6.07) is 6.71. The van der Waals surface area contributed by atoms with E-state index in [9.17, 15) is 13.2 Å². The third-order valence-electron chi connectivity index (χ3n) is 4.85. The van der Waals surface area contributed by atoms with Gasteiger partial charge in [0.1, 0.15) is 10.6 Å². The number of amides is 1. The maximum absolute atomic E-state index is 13.1. The number of nitrogens with zero attached hydrogens (tertiary/aromatic N) is 3. The second-order valence-corrected chi connectivity index (χ2v) is 8.43. The monoisotopic (exact) mass is 389 g/mol. The molecule has 1 aromatic heterocycles. The molecule has 0 saturated carbocycles. The Hall–Kier alpha value is -2.45. The summed E-state index contributed by atoms with van der Waals surface area (Å²) in [5, 5.41) is 0. The molecule has 27 heavy (non-hydrogen) atoms. The van der Waals surface area contributed by atoms with Gasteiger partial charge < -0.3 is 9.64 Å². The molecule has 3 rings (SSSR count). The Labute approximate surface area is 159 Å². The summed E-state index contributed by atoms with van der Waals surface area (Å²) in [6.07, 6.45) is 3.14. The molecule has 1 fully saturated rings. The number of pyridine rings is 1. The third kappa shape index (κ3) is 3.81. The topological polar surface area (TPSA) is 79.8 Å². The summed E-state index contributed by atoms with van der Waals surface area (Å²) < 4.78 is 32.9. The van der Waals surface area contributed by atoms with Gasteiger partial charge in [-0.05, 0) is 49.2 Å². The van der Waals surface area contributed by atoms with Gasteiger partial charge in [0.2, 0.25) is 10.0 Å². The van der Waals surface area contributed by atoms with Gasteiger partial charge in [-0.1, -0.05) is 0 Å². The molecule has 1 aliphatic rings. The van der Waals surface area contributed by atoms with Crippen molar-refractivity contribution in [2.24, 2.45) is 0 Å². The number of carbonyl (C=O) groups is 1. The fourth-order valence-electron chi connectivity index (χ4n) is 3.07. The molecular formula is C19H23N3O4S. The molecule has 0 bridgehead atoms. The van der Waals surface area contributed by atoms with Gasteiger partial charge >= 0.3 is 0 Å². The molecule has 1 aromatic carbocycles. The Morgan fingerprint density at radius 1 is 1.04 bits per heavy atom. The zero-order chi connectivity index (χ0) is 19.6. The number of aryl methyl sites for hydroxylation is 2. The summed E-state index contributed by atoms with van der Waals surface area (Å²) in [6.45, 7) is 4.96. The van der Waals surface area contributed by atoms with E-state index in [2.05, 4.69) is 4.98 Å². The highest BCUT2D eigenvalue weighted by molar-refractivity contribution is 7.89. The van der Waals surface area contributed by atoms with Crippen LogP contribution in [0, 0.1) is 13.8 Å². The smallest absolute Gasteiger partial charge is 0.254 e. The first kappa shape index (κ1) is 19.3. The Bertz CT molecular complexity index is 937. The number of sulfonamides is 1. The molecule has 8 heteroatoms. The van der Waals surface area contributed by atoms with Crippen LogP contribution in [0.3, 0.4) is 0 Å². The minimum absolute atomic E-state index is 0.113. The van der Waals surface area contributed by atoms with Gasteiger partial charge in [0.15, 0.2) is 0 Å². The average Bonchev–Trinajstić information content (AvgIpc) is 2.69. The summed E-state index contributed by atoms with van der Waals surface area (Å²) in [4.78, 5) is 18.3. The maximum Gasteiger partial charge on any atom is 0.254 e. The molecule has 0 unspecified atom stereocenters. The van der Waals surface area contributed by atoms with E-state index in [1.165, 1.54) is 11.4 Å². The minimum Gasteiger partial charge on any atom is -0.495 e. The first-order valence-electron chi connectivity index (χ1n) is 8.69. The second kappa shape index (κ2) is 7.66. The van der Waals surface area contributed by atoms with E-state index >= 15 is 0 Å². The summed E-state index contributed by atoms with van der Waals surface area (Å²) in [5.41, 5.74) is 2.41. The molecule has 0 N–H and O–H groups in total. The largest absolute Gasteiger partial charge is 0.495 e. The molecule has 0 atom stereocenters. The summed E-state index contributed by atoms with van der Waals surface area (Å²) in [7, 11) is -2.23. The molecule has 0 spiro atoms. The summed E-state index contributed by atoms with van der Waals surface area (Å²) >= 11 is 0. The molecule has 1 amide bonds. The highest BCUT2D eigenvalue weighted by Gasteiger charge is 2.32. The van der Waals surface area contributed by atoms with Crippen LogP contribution in [0.2, 0.25) is 0 Å². The Kier molecular flexibility index (Phi) is 5.48. The second-order valence-electron chi connectivity index (χ2n) is 6.52. The fraction of sp³-hybridized carbons (Fsp3) is 0.368. The van der Waals surface area contributed by atoms with Crippen molar-refractivity contribution in [3.63, 3.8) is 0 Å². The highest BCUT2D eigenvalue weighted by Crippen LogP contribution is 2.30. The van der Waals surface area contributed by atoms with Crippen LogP contribution in [-0.4, -0.2) is 61.8 Å². The van der Waals surface area contributed by atoms with E-state index < -0.39 is 10.0 Å². The van der Waals surface area contributed by atoms with E-state index in [-0.39, 0.29) is 23.9 Å². The van der Waals surface area contributed by atoms with E-state index in [0.29, 0.717) is 24.4 Å². The number of hydrogen-bond acceptors (Lipinski definition) is 5. The molecule has 2 aromatic rings. The predicted molar refractivity (Wildman–Crippen MR) is 101 cm³/mol. The zero-order valence-electron chi connectivity index (χ0n) is 15.7. The first-order valence-corrected chi connectivity index (χ1v) is 10.1. The third-order valence-corrected chi connectivity index (χ3v) is 6.77. The van der Waals surface area contributed by atoms with Crippen molar-refractivity contribution in [3.8, 4) is 5.75 Å². The van der Waals surface area contributed by atoms with E-state index in [1.54, 1.807) is 41.6 Å². The van der Waals surface area contributed by atoms with Crippen LogP contribution >= 0.6 is 0 Å². The van der Waals surface area contributed by atoms with Gasteiger partial charge in [0.25, 0.3) is 5.91 Å². The van der Waals surface area contributed by atoms with Crippen molar-refractivity contribution >= 4 is 15.9 Å². The zero-order valence-corrected chi connectivity index (χ0v) is 16.5. The molecule has 7 nitrogen and oxygen atoms in total. The quantitative estimate of drug-likeness (QED) is 0.797. The van der Waals surface area contributed by atoms with Gasteiger partial charge in [-0.2, -0.15) is 4.31 Å². The normalized spacial score (nSPS) is 15.6. The van der Waals surface area contributed by atoms with Gasteiger partial charge in [0.05, 0.1) is 7.11 Å². The molecule has 1 saturated heterocycles. The Morgan fingerprint density at radius 2 is 1.63 bits per heavy atom. The number of piperazine rings is 1. The van der Waals surface area contributed by atoms with E-state index in [0.717, 1.165) is 11.1 Å². The standard InChI is InChI=1S/C19H23N3O4S/c1-14-12-17(26-3)18(13-15(14)2)27(24,25)22-10-8-21(9-11-22)19(23)16-4-6-20-7-5-16/h4-7,12-13H,8-11H2,1-3H3.